The highest BCUT2D eigenvalue weighted by atomic mass is 35.5. The normalized spacial score (nSPS) is 12.6. The zero-order valence-electron chi connectivity index (χ0n) is 13.6. The van der Waals surface area contributed by atoms with Crippen molar-refractivity contribution in [1.29, 1.82) is 0 Å². The predicted molar refractivity (Wildman–Crippen MR) is 95.9 cm³/mol. The van der Waals surface area contributed by atoms with Crippen LogP contribution in [0, 0.1) is 0 Å². The summed E-state index contributed by atoms with van der Waals surface area (Å²) in [6, 6.07) is 13.6. The number of amides is 1. The van der Waals surface area contributed by atoms with Crippen LogP contribution in [-0.4, -0.2) is 20.6 Å². The molecule has 0 aliphatic rings. The summed E-state index contributed by atoms with van der Waals surface area (Å²) in [5, 5.41) is 3.62. The van der Waals surface area contributed by atoms with Crippen molar-refractivity contribution in [1.82, 2.24) is 5.32 Å². The Labute approximate surface area is 147 Å². The third-order valence-corrected chi connectivity index (χ3v) is 5.11. The van der Waals surface area contributed by atoms with E-state index in [1.165, 1.54) is 6.26 Å². The molecular formula is C18H20ClNO3S. The number of nitrogens with one attached hydrogen (secondary N) is 1. The van der Waals surface area contributed by atoms with Crippen LogP contribution >= 0.6 is 11.6 Å². The molecule has 1 unspecified atom stereocenters. The summed E-state index contributed by atoms with van der Waals surface area (Å²) in [5.41, 5.74) is 1.77. The third-order valence-electron chi connectivity index (χ3n) is 3.73. The van der Waals surface area contributed by atoms with Crippen LogP contribution in [0.15, 0.2) is 53.4 Å². The van der Waals surface area contributed by atoms with Crippen LogP contribution in [0.25, 0.3) is 0 Å². The molecule has 0 bridgehead atoms. The second kappa shape index (κ2) is 7.81. The fourth-order valence-corrected chi connectivity index (χ4v) is 3.16. The second-order valence-electron chi connectivity index (χ2n) is 5.67. The van der Waals surface area contributed by atoms with Crippen LogP contribution in [0.1, 0.15) is 30.5 Å². The molecule has 2 aromatic rings. The van der Waals surface area contributed by atoms with E-state index >= 15 is 0 Å². The summed E-state index contributed by atoms with van der Waals surface area (Å²) in [7, 11) is -3.22. The maximum Gasteiger partial charge on any atom is 0.224 e. The quantitative estimate of drug-likeness (QED) is 0.851. The van der Waals surface area contributed by atoms with Crippen LogP contribution in [0.4, 0.5) is 0 Å². The zero-order chi connectivity index (χ0) is 17.7. The lowest BCUT2D eigenvalue weighted by Gasteiger charge is -2.18. The SMILES string of the molecule is CCC(NC(=O)Cc1ccc(Cl)cc1)c1ccc(S(C)(=O)=O)cc1. The van der Waals surface area contributed by atoms with Crippen molar-refractivity contribution >= 4 is 27.3 Å². The molecule has 0 aliphatic heterocycles. The Balaban J connectivity index is 2.05. The van der Waals surface area contributed by atoms with E-state index in [1.807, 2.05) is 19.1 Å². The first-order chi connectivity index (χ1) is 11.3. The van der Waals surface area contributed by atoms with Gasteiger partial charge in [0, 0.05) is 11.3 Å². The molecule has 1 amide bonds. The average Bonchev–Trinajstić information content (AvgIpc) is 2.54. The van der Waals surface area contributed by atoms with Gasteiger partial charge in [0.25, 0.3) is 0 Å². The molecule has 0 aromatic heterocycles. The minimum absolute atomic E-state index is 0.0867. The second-order valence-corrected chi connectivity index (χ2v) is 8.12. The van der Waals surface area contributed by atoms with Gasteiger partial charge in [-0.15, -0.1) is 0 Å². The number of sulfone groups is 1. The van der Waals surface area contributed by atoms with Gasteiger partial charge in [-0.3, -0.25) is 4.79 Å². The summed E-state index contributed by atoms with van der Waals surface area (Å²) in [5.74, 6) is -0.0867. The van der Waals surface area contributed by atoms with Gasteiger partial charge in [-0.05, 0) is 41.8 Å². The van der Waals surface area contributed by atoms with Crippen LogP contribution in [0.5, 0.6) is 0 Å². The van der Waals surface area contributed by atoms with Crippen molar-refractivity contribution in [2.75, 3.05) is 6.26 Å². The molecule has 1 atom stereocenters. The summed E-state index contributed by atoms with van der Waals surface area (Å²) in [4.78, 5) is 12.5. The molecule has 0 saturated carbocycles. The number of carbonyl (C=O) groups excluding carboxylic acids is 1. The highest BCUT2D eigenvalue weighted by Crippen LogP contribution is 2.19. The van der Waals surface area contributed by atoms with Gasteiger partial charge in [0.05, 0.1) is 17.4 Å². The third kappa shape index (κ3) is 5.08. The molecular weight excluding hydrogens is 346 g/mol. The highest BCUT2D eigenvalue weighted by Gasteiger charge is 2.14. The van der Waals surface area contributed by atoms with Crippen molar-refractivity contribution < 1.29 is 13.2 Å². The summed E-state index contributed by atoms with van der Waals surface area (Å²) >= 11 is 5.84. The fourth-order valence-electron chi connectivity index (χ4n) is 2.40. The number of carbonyl (C=O) groups is 1. The summed E-state index contributed by atoms with van der Waals surface area (Å²) in [6.45, 7) is 1.97. The first kappa shape index (κ1) is 18.5. The standard InChI is InChI=1S/C18H20ClNO3S/c1-3-17(14-6-10-16(11-7-14)24(2,22)23)20-18(21)12-13-4-8-15(19)9-5-13/h4-11,17H,3,12H2,1-2H3,(H,20,21). The van der Waals surface area contributed by atoms with Gasteiger partial charge < -0.3 is 5.32 Å². The number of rotatable bonds is 6. The van der Waals surface area contributed by atoms with Crippen LogP contribution in [0.3, 0.4) is 0 Å². The number of halogens is 1. The van der Waals surface area contributed by atoms with Gasteiger partial charge in [-0.25, -0.2) is 8.42 Å². The maximum atomic E-state index is 12.2. The smallest absolute Gasteiger partial charge is 0.224 e. The average molecular weight is 366 g/mol. The lowest BCUT2D eigenvalue weighted by molar-refractivity contribution is -0.121. The Hall–Kier alpha value is -1.85. The molecule has 0 spiro atoms. The molecule has 6 heteroatoms. The van der Waals surface area contributed by atoms with Gasteiger partial charge in [-0.2, -0.15) is 0 Å². The van der Waals surface area contributed by atoms with E-state index in [4.69, 9.17) is 11.6 Å². The van der Waals surface area contributed by atoms with Gasteiger partial charge in [0.1, 0.15) is 0 Å². The van der Waals surface area contributed by atoms with Gasteiger partial charge in [0.2, 0.25) is 5.91 Å². The molecule has 24 heavy (non-hydrogen) atoms. The van der Waals surface area contributed by atoms with Crippen LogP contribution in [0.2, 0.25) is 5.02 Å². The topological polar surface area (TPSA) is 63.2 Å². The van der Waals surface area contributed by atoms with Crippen LogP contribution < -0.4 is 5.32 Å². The first-order valence-corrected chi connectivity index (χ1v) is 9.90. The Morgan fingerprint density at radius 2 is 1.67 bits per heavy atom. The molecule has 128 valence electrons. The highest BCUT2D eigenvalue weighted by molar-refractivity contribution is 7.90. The molecule has 2 aromatic carbocycles. The number of hydrogen-bond donors (Lipinski definition) is 1. The van der Waals surface area contributed by atoms with E-state index < -0.39 is 9.84 Å². The first-order valence-electron chi connectivity index (χ1n) is 7.63. The van der Waals surface area contributed by atoms with E-state index in [-0.39, 0.29) is 23.3 Å². The van der Waals surface area contributed by atoms with E-state index in [1.54, 1.807) is 36.4 Å². The van der Waals surface area contributed by atoms with Gasteiger partial charge in [-0.1, -0.05) is 42.8 Å². The van der Waals surface area contributed by atoms with Gasteiger partial charge >= 0.3 is 0 Å². The minimum Gasteiger partial charge on any atom is -0.349 e. The Kier molecular flexibility index (Phi) is 6.02. The van der Waals surface area contributed by atoms with E-state index in [9.17, 15) is 13.2 Å². The Bertz CT molecular complexity index is 799. The molecule has 0 fully saturated rings. The molecule has 0 saturated heterocycles. The molecule has 1 N–H and O–H groups in total. The lowest BCUT2D eigenvalue weighted by atomic mass is 10.0. The van der Waals surface area contributed by atoms with Crippen molar-refractivity contribution in [3.05, 3.63) is 64.7 Å². The van der Waals surface area contributed by atoms with Crippen LogP contribution in [-0.2, 0) is 21.1 Å². The van der Waals surface area contributed by atoms with Gasteiger partial charge in [0.15, 0.2) is 9.84 Å². The summed E-state index contributed by atoms with van der Waals surface area (Å²) in [6.07, 6.45) is 2.16. The minimum atomic E-state index is -3.22. The molecule has 0 radical (unpaired) electrons. The summed E-state index contributed by atoms with van der Waals surface area (Å²) < 4.78 is 23.0. The van der Waals surface area contributed by atoms with Crippen molar-refractivity contribution in [2.45, 2.75) is 30.7 Å². The van der Waals surface area contributed by atoms with Crippen molar-refractivity contribution in [3.8, 4) is 0 Å². The van der Waals surface area contributed by atoms with Crippen molar-refractivity contribution in [3.63, 3.8) is 0 Å². The zero-order valence-corrected chi connectivity index (χ0v) is 15.2. The predicted octanol–water partition coefficient (Wildman–Crippen LogP) is 3.55. The van der Waals surface area contributed by atoms with E-state index in [2.05, 4.69) is 5.32 Å². The molecule has 0 heterocycles. The number of hydrogen-bond acceptors (Lipinski definition) is 3. The van der Waals surface area contributed by atoms with E-state index in [0.29, 0.717) is 11.4 Å². The Morgan fingerprint density at radius 3 is 2.17 bits per heavy atom. The lowest BCUT2D eigenvalue weighted by Crippen LogP contribution is -2.29. The monoisotopic (exact) mass is 365 g/mol. The number of benzene rings is 2. The fraction of sp³-hybridized carbons (Fsp3) is 0.278. The Morgan fingerprint density at radius 1 is 1.08 bits per heavy atom. The largest absolute Gasteiger partial charge is 0.349 e. The maximum absolute atomic E-state index is 12.2. The van der Waals surface area contributed by atoms with Crippen molar-refractivity contribution in [2.24, 2.45) is 0 Å². The molecule has 4 nitrogen and oxygen atoms in total. The molecule has 2 rings (SSSR count). The van der Waals surface area contributed by atoms with E-state index in [0.717, 1.165) is 11.1 Å². The molecule has 0 aliphatic carbocycles.